The van der Waals surface area contributed by atoms with Crippen LogP contribution in [0.5, 0.6) is 5.75 Å². The zero-order chi connectivity index (χ0) is 15.5. The van der Waals surface area contributed by atoms with Gasteiger partial charge in [0.15, 0.2) is 0 Å². The third kappa shape index (κ3) is 3.58. The summed E-state index contributed by atoms with van der Waals surface area (Å²) in [6.07, 6.45) is 0.751. The third-order valence-electron chi connectivity index (χ3n) is 3.62. The summed E-state index contributed by atoms with van der Waals surface area (Å²) in [5.41, 5.74) is 0.908. The normalized spacial score (nSPS) is 22.0. The van der Waals surface area contributed by atoms with Crippen molar-refractivity contribution in [3.8, 4) is 5.75 Å². The number of aryl methyl sites for hydroxylation is 1. The highest BCUT2D eigenvalue weighted by Gasteiger charge is 2.33. The molecule has 116 valence electrons. The van der Waals surface area contributed by atoms with Gasteiger partial charge >= 0.3 is 0 Å². The van der Waals surface area contributed by atoms with Crippen LogP contribution < -0.4 is 4.74 Å². The molecule has 1 aromatic carbocycles. The van der Waals surface area contributed by atoms with Gasteiger partial charge in [0, 0.05) is 31.9 Å². The second-order valence-corrected chi connectivity index (χ2v) is 5.47. The first-order valence-electron chi connectivity index (χ1n) is 7.21. The first-order chi connectivity index (χ1) is 10.6. The van der Waals surface area contributed by atoms with Crippen LogP contribution in [-0.2, 0) is 6.54 Å². The number of benzene rings is 1. The fourth-order valence-electron chi connectivity index (χ4n) is 2.62. The number of ether oxygens (including phenoxy) is 1. The summed E-state index contributed by atoms with van der Waals surface area (Å²) in [4.78, 5) is 10.5. The molecule has 0 radical (unpaired) electrons. The maximum absolute atomic E-state index is 13.2. The Morgan fingerprint density at radius 2 is 2.23 bits per heavy atom. The van der Waals surface area contributed by atoms with Crippen molar-refractivity contribution in [2.45, 2.75) is 25.7 Å². The second-order valence-electron chi connectivity index (χ2n) is 5.47. The first-order valence-corrected chi connectivity index (χ1v) is 7.21. The number of hydrogen-bond donors (Lipinski definition) is 1. The van der Waals surface area contributed by atoms with E-state index >= 15 is 0 Å². The molecule has 0 amide bonds. The van der Waals surface area contributed by atoms with E-state index in [1.807, 2.05) is 13.0 Å². The molecule has 22 heavy (non-hydrogen) atoms. The third-order valence-corrected chi connectivity index (χ3v) is 3.62. The van der Waals surface area contributed by atoms with Crippen LogP contribution in [0.25, 0.3) is 0 Å². The van der Waals surface area contributed by atoms with Crippen molar-refractivity contribution in [3.63, 3.8) is 0 Å². The highest BCUT2D eigenvalue weighted by molar-refractivity contribution is 5.23. The molecule has 1 saturated heterocycles. The summed E-state index contributed by atoms with van der Waals surface area (Å²) in [7, 11) is 0. The van der Waals surface area contributed by atoms with Crippen LogP contribution >= 0.6 is 0 Å². The molecular formula is C16H18FN3O2. The number of hydrogen-bond acceptors (Lipinski definition) is 5. The first kappa shape index (κ1) is 14.9. The van der Waals surface area contributed by atoms with Gasteiger partial charge in [-0.1, -0.05) is 6.07 Å². The molecule has 0 unspecified atom stereocenters. The maximum atomic E-state index is 13.2. The highest BCUT2D eigenvalue weighted by Crippen LogP contribution is 2.20. The topological polar surface area (TPSA) is 58.5 Å². The minimum atomic E-state index is -0.605. The van der Waals surface area contributed by atoms with Crippen molar-refractivity contribution in [2.75, 3.05) is 13.1 Å². The van der Waals surface area contributed by atoms with Crippen molar-refractivity contribution in [2.24, 2.45) is 0 Å². The van der Waals surface area contributed by atoms with E-state index in [-0.39, 0.29) is 11.9 Å². The lowest BCUT2D eigenvalue weighted by Gasteiger charge is -2.17. The van der Waals surface area contributed by atoms with Crippen LogP contribution in [0, 0.1) is 12.7 Å². The standard InChI is InChI=1S/C16H18FN3O2/c1-11-18-6-5-13(19-11)8-20-9-15(21)16(10-20)22-14-4-2-3-12(17)7-14/h2-7,15-16,21H,8-10H2,1H3/t15-,16-/m1/s1. The Morgan fingerprint density at radius 3 is 3.00 bits per heavy atom. The lowest BCUT2D eigenvalue weighted by Crippen LogP contribution is -2.30. The van der Waals surface area contributed by atoms with Crippen LogP contribution in [0.1, 0.15) is 11.5 Å². The van der Waals surface area contributed by atoms with E-state index in [1.54, 1.807) is 18.3 Å². The molecule has 0 saturated carbocycles. The number of rotatable bonds is 4. The van der Waals surface area contributed by atoms with E-state index in [0.717, 1.165) is 11.5 Å². The molecule has 2 heterocycles. The summed E-state index contributed by atoms with van der Waals surface area (Å²) in [6, 6.07) is 7.82. The van der Waals surface area contributed by atoms with Crippen LogP contribution in [0.3, 0.4) is 0 Å². The minimum Gasteiger partial charge on any atom is -0.486 e. The number of aliphatic hydroxyl groups is 1. The molecule has 3 rings (SSSR count). The summed E-state index contributed by atoms with van der Waals surface area (Å²) in [6.45, 7) is 3.55. The zero-order valence-corrected chi connectivity index (χ0v) is 12.3. The molecular weight excluding hydrogens is 285 g/mol. The number of aliphatic hydroxyl groups excluding tert-OH is 1. The molecule has 1 fully saturated rings. The van der Waals surface area contributed by atoms with Gasteiger partial charge in [0.25, 0.3) is 0 Å². The van der Waals surface area contributed by atoms with Gasteiger partial charge in [-0.05, 0) is 25.1 Å². The molecule has 1 aliphatic heterocycles. The van der Waals surface area contributed by atoms with Crippen molar-refractivity contribution >= 4 is 0 Å². The molecule has 5 nitrogen and oxygen atoms in total. The van der Waals surface area contributed by atoms with E-state index in [2.05, 4.69) is 14.9 Å². The molecule has 0 bridgehead atoms. The van der Waals surface area contributed by atoms with Gasteiger partial charge in [-0.25, -0.2) is 14.4 Å². The Hall–Kier alpha value is -2.05. The van der Waals surface area contributed by atoms with Gasteiger partial charge in [0.05, 0.1) is 5.69 Å². The average molecular weight is 303 g/mol. The summed E-state index contributed by atoms with van der Waals surface area (Å²) < 4.78 is 18.9. The van der Waals surface area contributed by atoms with E-state index in [9.17, 15) is 9.50 Å². The van der Waals surface area contributed by atoms with Crippen LogP contribution in [-0.4, -0.2) is 45.3 Å². The predicted octanol–water partition coefficient (Wildman–Crippen LogP) is 1.55. The Kier molecular flexibility index (Phi) is 4.31. The Bertz CT molecular complexity index is 653. The van der Waals surface area contributed by atoms with Crippen molar-refractivity contribution in [3.05, 3.63) is 53.9 Å². The molecule has 1 N–H and O–H groups in total. The fraction of sp³-hybridized carbons (Fsp3) is 0.375. The van der Waals surface area contributed by atoms with Crippen LogP contribution in [0.15, 0.2) is 36.5 Å². The van der Waals surface area contributed by atoms with E-state index in [0.29, 0.717) is 25.4 Å². The monoisotopic (exact) mass is 303 g/mol. The number of aromatic nitrogens is 2. The van der Waals surface area contributed by atoms with E-state index in [4.69, 9.17) is 4.74 Å². The van der Waals surface area contributed by atoms with Gasteiger partial charge in [-0.3, -0.25) is 4.90 Å². The Morgan fingerprint density at radius 1 is 1.36 bits per heavy atom. The lowest BCUT2D eigenvalue weighted by molar-refractivity contribution is 0.0734. The van der Waals surface area contributed by atoms with Crippen LogP contribution in [0.4, 0.5) is 4.39 Å². The molecule has 1 aromatic heterocycles. The smallest absolute Gasteiger partial charge is 0.138 e. The number of β-amino-alcohol motifs (C(OH)–C–C–N with tert-alkyl or cyclic N) is 1. The number of likely N-dealkylation sites (tertiary alicyclic amines) is 1. The molecule has 1 aliphatic rings. The average Bonchev–Trinajstić information content (AvgIpc) is 2.79. The quantitative estimate of drug-likeness (QED) is 0.928. The van der Waals surface area contributed by atoms with Gasteiger partial charge < -0.3 is 9.84 Å². The zero-order valence-electron chi connectivity index (χ0n) is 12.3. The molecule has 2 aromatic rings. The van der Waals surface area contributed by atoms with Gasteiger partial charge in [0.2, 0.25) is 0 Å². The summed E-state index contributed by atoms with van der Waals surface area (Å²) in [5, 5.41) is 10.1. The maximum Gasteiger partial charge on any atom is 0.138 e. The van der Waals surface area contributed by atoms with E-state index < -0.39 is 6.10 Å². The summed E-state index contributed by atoms with van der Waals surface area (Å²) in [5.74, 6) is 0.812. The summed E-state index contributed by atoms with van der Waals surface area (Å²) >= 11 is 0. The fourth-order valence-corrected chi connectivity index (χ4v) is 2.62. The van der Waals surface area contributed by atoms with E-state index in [1.165, 1.54) is 12.1 Å². The Labute approximate surface area is 128 Å². The van der Waals surface area contributed by atoms with Crippen LogP contribution in [0.2, 0.25) is 0 Å². The van der Waals surface area contributed by atoms with Crippen molar-refractivity contribution < 1.29 is 14.2 Å². The molecule has 2 atom stereocenters. The lowest BCUT2D eigenvalue weighted by atomic mass is 10.2. The molecule has 6 heteroatoms. The number of halogens is 1. The largest absolute Gasteiger partial charge is 0.486 e. The highest BCUT2D eigenvalue weighted by atomic mass is 19.1. The SMILES string of the molecule is Cc1nccc(CN2C[C@@H](O)[C@H](Oc3cccc(F)c3)C2)n1. The van der Waals surface area contributed by atoms with Gasteiger partial charge in [0.1, 0.15) is 29.6 Å². The predicted molar refractivity (Wildman–Crippen MR) is 78.9 cm³/mol. The van der Waals surface area contributed by atoms with Crippen molar-refractivity contribution in [1.82, 2.24) is 14.9 Å². The second kappa shape index (κ2) is 6.37. The number of nitrogens with zero attached hydrogens (tertiary/aromatic N) is 3. The molecule has 0 spiro atoms. The minimum absolute atomic E-state index is 0.349. The molecule has 0 aliphatic carbocycles. The van der Waals surface area contributed by atoms with Gasteiger partial charge in [-0.2, -0.15) is 0 Å². The Balaban J connectivity index is 1.62. The van der Waals surface area contributed by atoms with Crippen molar-refractivity contribution in [1.29, 1.82) is 0 Å². The van der Waals surface area contributed by atoms with Gasteiger partial charge in [-0.15, -0.1) is 0 Å².